The van der Waals surface area contributed by atoms with Gasteiger partial charge in [0.15, 0.2) is 5.13 Å². The number of carbonyl (C=O) groups is 1. The fourth-order valence-corrected chi connectivity index (χ4v) is 4.11. The van der Waals surface area contributed by atoms with Crippen LogP contribution < -0.4 is 10.6 Å². The standard InChI is InChI=1S/C21H27N3OS/c25-20(23-18-14-10-6-1-2-7-11-15-18)24-21-22-16-19(26-21)17-12-8-4-3-5-9-13-17/h3-5,8-9,12-13,16,18H,1-2,6-7,10-11,14-15H2,(H2,22,23,24,25)/b4-3-,5-3?,8-4?,9-5-,12-8-,13-9?,17-12?,17-13+. The van der Waals surface area contributed by atoms with Crippen LogP contribution in [0.15, 0.2) is 48.7 Å². The van der Waals surface area contributed by atoms with Gasteiger partial charge < -0.3 is 5.32 Å². The molecule has 1 heterocycles. The average molecular weight is 370 g/mol. The summed E-state index contributed by atoms with van der Waals surface area (Å²) in [6.07, 6.45) is 25.7. The van der Waals surface area contributed by atoms with Crippen molar-refractivity contribution in [2.75, 3.05) is 5.32 Å². The zero-order valence-electron chi connectivity index (χ0n) is 15.1. The van der Waals surface area contributed by atoms with Crippen LogP contribution in [0.2, 0.25) is 0 Å². The number of carbonyl (C=O) groups excluding carboxylic acids is 1. The van der Waals surface area contributed by atoms with Gasteiger partial charge in [-0.1, -0.05) is 92.4 Å². The third-order valence-corrected chi connectivity index (χ3v) is 5.66. The van der Waals surface area contributed by atoms with Gasteiger partial charge in [-0.05, 0) is 18.4 Å². The highest BCUT2D eigenvalue weighted by atomic mass is 32.1. The van der Waals surface area contributed by atoms with Gasteiger partial charge >= 0.3 is 6.03 Å². The molecule has 1 saturated carbocycles. The van der Waals surface area contributed by atoms with Crippen molar-refractivity contribution in [3.05, 3.63) is 53.6 Å². The normalized spacial score (nSPS) is 24.5. The SMILES string of the molecule is O=C(Nc1ncc(C2=C/C=C\C=C/C=C\2)s1)NC1CCCCCCCC1. The van der Waals surface area contributed by atoms with E-state index in [4.69, 9.17) is 0 Å². The molecule has 0 bridgehead atoms. The molecular formula is C21H27N3OS. The molecule has 0 aliphatic heterocycles. The molecule has 4 nitrogen and oxygen atoms in total. The maximum absolute atomic E-state index is 12.3. The Morgan fingerprint density at radius 1 is 0.962 bits per heavy atom. The molecule has 0 spiro atoms. The first-order valence-corrected chi connectivity index (χ1v) is 10.4. The van der Waals surface area contributed by atoms with Crippen molar-refractivity contribution in [1.29, 1.82) is 0 Å². The lowest BCUT2D eigenvalue weighted by atomic mass is 10.1. The smallest absolute Gasteiger partial charge is 0.321 e. The van der Waals surface area contributed by atoms with Crippen molar-refractivity contribution >= 4 is 28.1 Å². The van der Waals surface area contributed by atoms with E-state index in [2.05, 4.69) is 27.8 Å². The summed E-state index contributed by atoms with van der Waals surface area (Å²) < 4.78 is 0. The predicted octanol–water partition coefficient (Wildman–Crippen LogP) is 5.83. The van der Waals surface area contributed by atoms with Crippen molar-refractivity contribution in [1.82, 2.24) is 10.3 Å². The van der Waals surface area contributed by atoms with Crippen LogP contribution in [0.4, 0.5) is 9.93 Å². The Morgan fingerprint density at radius 2 is 1.65 bits per heavy atom. The number of thiazole rings is 1. The Balaban J connectivity index is 1.55. The maximum atomic E-state index is 12.3. The van der Waals surface area contributed by atoms with Gasteiger partial charge in [-0.25, -0.2) is 9.78 Å². The average Bonchev–Trinajstić information content (AvgIpc) is 3.08. The van der Waals surface area contributed by atoms with Gasteiger partial charge in [0.2, 0.25) is 0 Å². The van der Waals surface area contributed by atoms with Gasteiger partial charge in [-0.3, -0.25) is 5.32 Å². The number of urea groups is 1. The van der Waals surface area contributed by atoms with E-state index >= 15 is 0 Å². The van der Waals surface area contributed by atoms with Crippen molar-refractivity contribution < 1.29 is 4.79 Å². The van der Waals surface area contributed by atoms with Gasteiger partial charge in [-0.15, -0.1) is 0 Å². The van der Waals surface area contributed by atoms with E-state index in [1.54, 1.807) is 0 Å². The van der Waals surface area contributed by atoms with Crippen LogP contribution in [-0.2, 0) is 0 Å². The van der Waals surface area contributed by atoms with Crippen LogP contribution in [0.3, 0.4) is 0 Å². The van der Waals surface area contributed by atoms with Crippen molar-refractivity contribution in [3.63, 3.8) is 0 Å². The molecule has 3 rings (SSSR count). The zero-order chi connectivity index (χ0) is 18.0. The van der Waals surface area contributed by atoms with Gasteiger partial charge in [0.05, 0.1) is 4.88 Å². The Hall–Kier alpha value is -2.14. The van der Waals surface area contributed by atoms with Crippen LogP contribution in [-0.4, -0.2) is 17.1 Å². The Morgan fingerprint density at radius 3 is 2.46 bits per heavy atom. The largest absolute Gasteiger partial charge is 0.335 e. The Labute approximate surface area is 159 Å². The van der Waals surface area contributed by atoms with Gasteiger partial charge in [-0.2, -0.15) is 0 Å². The van der Waals surface area contributed by atoms with Crippen LogP contribution in [0, 0.1) is 0 Å². The van der Waals surface area contributed by atoms with Crippen LogP contribution in [0.1, 0.15) is 56.2 Å². The number of hydrogen-bond acceptors (Lipinski definition) is 3. The summed E-state index contributed by atoms with van der Waals surface area (Å²) in [7, 11) is 0. The molecule has 138 valence electrons. The van der Waals surface area contributed by atoms with Crippen LogP contribution >= 0.6 is 11.3 Å². The van der Waals surface area contributed by atoms with E-state index in [1.165, 1.54) is 49.9 Å². The number of nitrogens with zero attached hydrogens (tertiary/aromatic N) is 1. The first-order chi connectivity index (χ1) is 12.8. The molecule has 2 amide bonds. The minimum absolute atomic E-state index is 0.139. The molecule has 2 N–H and O–H groups in total. The minimum atomic E-state index is -0.139. The number of amides is 2. The number of hydrogen-bond donors (Lipinski definition) is 2. The highest BCUT2D eigenvalue weighted by Crippen LogP contribution is 2.27. The lowest BCUT2D eigenvalue weighted by Gasteiger charge is -2.17. The van der Waals surface area contributed by atoms with E-state index in [0.29, 0.717) is 5.13 Å². The lowest BCUT2D eigenvalue weighted by molar-refractivity contribution is 0.246. The molecule has 1 fully saturated rings. The fraction of sp³-hybridized carbons (Fsp3) is 0.429. The highest BCUT2D eigenvalue weighted by molar-refractivity contribution is 7.16. The summed E-state index contributed by atoms with van der Waals surface area (Å²) in [4.78, 5) is 17.7. The van der Waals surface area contributed by atoms with E-state index < -0.39 is 0 Å². The van der Waals surface area contributed by atoms with E-state index in [9.17, 15) is 4.79 Å². The summed E-state index contributed by atoms with van der Waals surface area (Å²) in [5.41, 5.74) is 1.09. The predicted molar refractivity (Wildman–Crippen MR) is 110 cm³/mol. The molecule has 2 aliphatic rings. The second-order valence-corrected chi connectivity index (χ2v) is 7.81. The molecule has 1 aromatic rings. The molecule has 0 aromatic carbocycles. The summed E-state index contributed by atoms with van der Waals surface area (Å²) >= 11 is 1.50. The second-order valence-electron chi connectivity index (χ2n) is 6.77. The summed E-state index contributed by atoms with van der Waals surface area (Å²) in [5.74, 6) is 0. The first kappa shape index (κ1) is 18.6. The highest BCUT2D eigenvalue weighted by Gasteiger charge is 2.15. The number of rotatable bonds is 3. The van der Waals surface area contributed by atoms with E-state index in [-0.39, 0.29) is 12.1 Å². The molecule has 5 heteroatoms. The molecule has 26 heavy (non-hydrogen) atoms. The van der Waals surface area contributed by atoms with Crippen molar-refractivity contribution in [3.8, 4) is 0 Å². The number of allylic oxidation sites excluding steroid dienone is 8. The summed E-state index contributed by atoms with van der Waals surface area (Å²) in [5, 5.41) is 6.68. The maximum Gasteiger partial charge on any atom is 0.321 e. The number of nitrogens with one attached hydrogen (secondary N) is 2. The fourth-order valence-electron chi connectivity index (χ4n) is 3.29. The molecule has 0 radical (unpaired) electrons. The molecule has 0 unspecified atom stereocenters. The molecule has 2 aliphatic carbocycles. The third kappa shape index (κ3) is 5.99. The van der Waals surface area contributed by atoms with Crippen LogP contribution in [0.5, 0.6) is 0 Å². The number of aromatic nitrogens is 1. The Bertz CT molecular complexity index is 705. The molecule has 0 saturated heterocycles. The first-order valence-electron chi connectivity index (χ1n) is 9.57. The monoisotopic (exact) mass is 369 g/mol. The van der Waals surface area contributed by atoms with Crippen molar-refractivity contribution in [2.24, 2.45) is 0 Å². The summed E-state index contributed by atoms with van der Waals surface area (Å²) in [6, 6.07) is 0.140. The minimum Gasteiger partial charge on any atom is -0.335 e. The molecular weight excluding hydrogens is 342 g/mol. The second kappa shape index (κ2) is 10.1. The van der Waals surface area contributed by atoms with Crippen LogP contribution in [0.25, 0.3) is 5.57 Å². The number of anilines is 1. The lowest BCUT2D eigenvalue weighted by Crippen LogP contribution is -2.37. The summed E-state index contributed by atoms with van der Waals surface area (Å²) in [6.45, 7) is 0. The van der Waals surface area contributed by atoms with E-state index in [0.717, 1.165) is 23.3 Å². The quantitative estimate of drug-likeness (QED) is 0.704. The Kier molecular flexibility index (Phi) is 7.25. The molecule has 0 atom stereocenters. The third-order valence-electron chi connectivity index (χ3n) is 4.70. The zero-order valence-corrected chi connectivity index (χ0v) is 15.9. The topological polar surface area (TPSA) is 54.0 Å². The van der Waals surface area contributed by atoms with Crippen molar-refractivity contribution in [2.45, 2.75) is 57.4 Å². The molecule has 1 aromatic heterocycles. The van der Waals surface area contributed by atoms with Gasteiger partial charge in [0, 0.05) is 12.2 Å². The van der Waals surface area contributed by atoms with E-state index in [1.807, 2.05) is 36.6 Å². The van der Waals surface area contributed by atoms with Gasteiger partial charge in [0.1, 0.15) is 0 Å². The van der Waals surface area contributed by atoms with Gasteiger partial charge in [0.25, 0.3) is 0 Å².